The molecule has 3 atom stereocenters. The maximum atomic E-state index is 5.48. The molecule has 0 N–H and O–H groups in total. The summed E-state index contributed by atoms with van der Waals surface area (Å²) in [6.45, 7) is 0.631. The third kappa shape index (κ3) is 1.81. The van der Waals surface area contributed by atoms with Crippen LogP contribution in [0, 0.1) is 5.92 Å². The Morgan fingerprint density at radius 3 is 2.79 bits per heavy atom. The molecule has 0 bridgehead atoms. The van der Waals surface area contributed by atoms with Crippen LogP contribution in [-0.2, 0) is 14.5 Å². The van der Waals surface area contributed by atoms with E-state index in [1.165, 1.54) is 32.1 Å². The summed E-state index contributed by atoms with van der Waals surface area (Å²) in [5, 5.41) is 0. The lowest BCUT2D eigenvalue weighted by molar-refractivity contribution is -0.338. The monoisotopic (exact) mass is 198 g/mol. The number of hydrogen-bond donors (Lipinski definition) is 0. The van der Waals surface area contributed by atoms with Crippen LogP contribution in [0.2, 0.25) is 0 Å². The van der Waals surface area contributed by atoms with Gasteiger partial charge in [0, 0.05) is 0 Å². The summed E-state index contributed by atoms with van der Waals surface area (Å²) in [5.74, 6) is 0.847. The highest BCUT2D eigenvalue weighted by molar-refractivity contribution is 4.93. The van der Waals surface area contributed by atoms with Gasteiger partial charge in [-0.2, -0.15) is 0 Å². The zero-order valence-corrected chi connectivity index (χ0v) is 8.48. The lowest BCUT2D eigenvalue weighted by Crippen LogP contribution is -2.31. The van der Waals surface area contributed by atoms with E-state index in [9.17, 15) is 0 Å². The number of epoxide rings is 1. The maximum Gasteiger partial charge on any atom is 0.122 e. The first kappa shape index (κ1) is 9.13. The van der Waals surface area contributed by atoms with E-state index in [0.717, 1.165) is 12.3 Å². The van der Waals surface area contributed by atoms with E-state index in [0.29, 0.717) is 18.8 Å². The predicted molar refractivity (Wildman–Crippen MR) is 50.7 cm³/mol. The largest absolute Gasteiger partial charge is 0.364 e. The van der Waals surface area contributed by atoms with E-state index in [4.69, 9.17) is 14.5 Å². The highest BCUT2D eigenvalue weighted by atomic mass is 17.2. The lowest BCUT2D eigenvalue weighted by Gasteiger charge is -2.26. The Balaban J connectivity index is 1.50. The third-order valence-electron chi connectivity index (χ3n) is 3.70. The number of hydrogen-bond acceptors (Lipinski definition) is 3. The fourth-order valence-electron chi connectivity index (χ4n) is 2.79. The Morgan fingerprint density at radius 1 is 1.07 bits per heavy atom. The standard InChI is InChI=1S/C11H18O3/c1-2-4-8(5-3-1)6-9-11-10(13-11)7-12-14-9/h8-11H,1-7H2/t9-,10+,11-/m1/s1. The van der Waals surface area contributed by atoms with Crippen molar-refractivity contribution in [2.45, 2.75) is 56.8 Å². The summed E-state index contributed by atoms with van der Waals surface area (Å²) in [4.78, 5) is 10.4. The molecule has 0 radical (unpaired) electrons. The van der Waals surface area contributed by atoms with Crippen molar-refractivity contribution in [1.29, 1.82) is 0 Å². The normalized spacial score (nSPS) is 43.3. The zero-order chi connectivity index (χ0) is 9.38. The van der Waals surface area contributed by atoms with E-state index in [1.54, 1.807) is 0 Å². The molecule has 0 unspecified atom stereocenters. The molecule has 3 nitrogen and oxygen atoms in total. The van der Waals surface area contributed by atoms with Crippen LogP contribution in [-0.4, -0.2) is 24.9 Å². The smallest absolute Gasteiger partial charge is 0.122 e. The van der Waals surface area contributed by atoms with Crippen molar-refractivity contribution in [2.24, 2.45) is 5.92 Å². The second-order valence-electron chi connectivity index (χ2n) is 4.80. The van der Waals surface area contributed by atoms with Crippen molar-refractivity contribution in [3.05, 3.63) is 0 Å². The van der Waals surface area contributed by atoms with Crippen LogP contribution in [0.4, 0.5) is 0 Å². The Kier molecular flexibility index (Phi) is 2.48. The quantitative estimate of drug-likeness (QED) is 0.502. The molecule has 3 fully saturated rings. The molecule has 1 aliphatic carbocycles. The van der Waals surface area contributed by atoms with Crippen LogP contribution in [0.15, 0.2) is 0 Å². The molecule has 2 heterocycles. The van der Waals surface area contributed by atoms with Crippen molar-refractivity contribution in [2.75, 3.05) is 6.61 Å². The number of rotatable bonds is 2. The van der Waals surface area contributed by atoms with Crippen LogP contribution in [0.25, 0.3) is 0 Å². The Hall–Kier alpha value is -0.120. The van der Waals surface area contributed by atoms with Crippen LogP contribution in [0.3, 0.4) is 0 Å². The topological polar surface area (TPSA) is 31.0 Å². The molecule has 0 amide bonds. The van der Waals surface area contributed by atoms with Gasteiger partial charge in [-0.3, -0.25) is 0 Å². The first-order valence-corrected chi connectivity index (χ1v) is 5.87. The van der Waals surface area contributed by atoms with Gasteiger partial charge in [-0.25, -0.2) is 9.78 Å². The van der Waals surface area contributed by atoms with Crippen molar-refractivity contribution in [3.8, 4) is 0 Å². The Labute approximate surface area is 84.6 Å². The van der Waals surface area contributed by atoms with E-state index >= 15 is 0 Å². The van der Waals surface area contributed by atoms with E-state index in [1.807, 2.05) is 0 Å². The summed E-state index contributed by atoms with van der Waals surface area (Å²) in [6.07, 6.45) is 9.01. The van der Waals surface area contributed by atoms with Gasteiger partial charge in [0.2, 0.25) is 0 Å². The molecule has 14 heavy (non-hydrogen) atoms. The molecular weight excluding hydrogens is 180 g/mol. The van der Waals surface area contributed by atoms with Gasteiger partial charge < -0.3 is 4.74 Å². The lowest BCUT2D eigenvalue weighted by atomic mass is 9.84. The molecule has 1 saturated carbocycles. The molecule has 3 rings (SSSR count). The van der Waals surface area contributed by atoms with Crippen LogP contribution in [0.1, 0.15) is 38.5 Å². The number of ether oxygens (including phenoxy) is 1. The van der Waals surface area contributed by atoms with Crippen LogP contribution >= 0.6 is 0 Å². The molecule has 2 aliphatic heterocycles. The molecule has 3 aliphatic rings. The minimum Gasteiger partial charge on any atom is -0.364 e. The SMILES string of the molecule is C1CCC(C[C@H]2OOC[C@@H]3O[C@@H]32)CC1. The van der Waals surface area contributed by atoms with Crippen molar-refractivity contribution < 1.29 is 14.5 Å². The van der Waals surface area contributed by atoms with Gasteiger partial charge in [-0.15, -0.1) is 0 Å². The van der Waals surface area contributed by atoms with Gasteiger partial charge in [0.1, 0.15) is 24.9 Å². The summed E-state index contributed by atoms with van der Waals surface area (Å²) in [6, 6.07) is 0. The average molecular weight is 198 g/mol. The first-order chi connectivity index (χ1) is 6.93. The van der Waals surface area contributed by atoms with E-state index in [2.05, 4.69) is 0 Å². The van der Waals surface area contributed by atoms with Crippen LogP contribution in [0.5, 0.6) is 0 Å². The summed E-state index contributed by atoms with van der Waals surface area (Å²) >= 11 is 0. The summed E-state index contributed by atoms with van der Waals surface area (Å²) in [5.41, 5.74) is 0. The molecule has 80 valence electrons. The molecule has 3 heteroatoms. The highest BCUT2D eigenvalue weighted by Gasteiger charge is 2.50. The second-order valence-corrected chi connectivity index (χ2v) is 4.80. The summed E-state index contributed by atoms with van der Waals surface area (Å²) in [7, 11) is 0. The van der Waals surface area contributed by atoms with Crippen molar-refractivity contribution >= 4 is 0 Å². The Morgan fingerprint density at radius 2 is 1.93 bits per heavy atom. The average Bonchev–Trinajstić information content (AvgIpc) is 2.99. The minimum absolute atomic E-state index is 0.219. The molecule has 0 aromatic carbocycles. The van der Waals surface area contributed by atoms with Crippen molar-refractivity contribution in [3.63, 3.8) is 0 Å². The van der Waals surface area contributed by atoms with Crippen LogP contribution < -0.4 is 0 Å². The van der Waals surface area contributed by atoms with Gasteiger partial charge in [-0.05, 0) is 12.3 Å². The zero-order valence-electron chi connectivity index (χ0n) is 8.48. The third-order valence-corrected chi connectivity index (χ3v) is 3.70. The van der Waals surface area contributed by atoms with E-state index in [-0.39, 0.29) is 6.10 Å². The second kappa shape index (κ2) is 3.80. The molecular formula is C11H18O3. The van der Waals surface area contributed by atoms with Crippen molar-refractivity contribution in [1.82, 2.24) is 0 Å². The Bertz CT molecular complexity index is 201. The highest BCUT2D eigenvalue weighted by Crippen LogP contribution is 2.37. The van der Waals surface area contributed by atoms with Gasteiger partial charge in [0.15, 0.2) is 0 Å². The van der Waals surface area contributed by atoms with Gasteiger partial charge in [-0.1, -0.05) is 32.1 Å². The molecule has 2 saturated heterocycles. The molecule has 0 aromatic heterocycles. The van der Waals surface area contributed by atoms with Gasteiger partial charge in [0.05, 0.1) is 0 Å². The fraction of sp³-hybridized carbons (Fsp3) is 1.00. The maximum absolute atomic E-state index is 5.48. The minimum atomic E-state index is 0.219. The predicted octanol–water partition coefficient (Wildman–Crippen LogP) is 2.05. The van der Waals surface area contributed by atoms with E-state index < -0.39 is 0 Å². The first-order valence-electron chi connectivity index (χ1n) is 5.87. The summed E-state index contributed by atoms with van der Waals surface area (Å²) < 4.78 is 5.48. The number of fused-ring (bicyclic) bond motifs is 1. The fourth-order valence-corrected chi connectivity index (χ4v) is 2.79. The van der Waals surface area contributed by atoms with Gasteiger partial charge in [0.25, 0.3) is 0 Å². The van der Waals surface area contributed by atoms with Gasteiger partial charge >= 0.3 is 0 Å². The molecule has 0 spiro atoms. The molecule has 0 aromatic rings.